The smallest absolute Gasteiger partial charge is 0.416 e. The highest BCUT2D eigenvalue weighted by molar-refractivity contribution is 5.97. The van der Waals surface area contributed by atoms with Gasteiger partial charge in [0.25, 0.3) is 5.91 Å². The van der Waals surface area contributed by atoms with E-state index in [0.29, 0.717) is 5.56 Å². The van der Waals surface area contributed by atoms with Gasteiger partial charge >= 0.3 is 6.18 Å². The van der Waals surface area contributed by atoms with E-state index in [1.807, 2.05) is 0 Å². The van der Waals surface area contributed by atoms with Crippen molar-refractivity contribution in [1.82, 2.24) is 10.2 Å². The van der Waals surface area contributed by atoms with Crippen LogP contribution in [0.15, 0.2) is 42.5 Å². The van der Waals surface area contributed by atoms with Crippen LogP contribution in [0.1, 0.15) is 33.5 Å². The van der Waals surface area contributed by atoms with Gasteiger partial charge in [-0.2, -0.15) is 13.2 Å². The summed E-state index contributed by atoms with van der Waals surface area (Å²) in [5, 5.41) is 12.7. The van der Waals surface area contributed by atoms with Gasteiger partial charge in [-0.25, -0.2) is 0 Å². The number of hydrogen-bond donors (Lipinski definition) is 2. The Kier molecular flexibility index (Phi) is 5.31. The molecule has 0 radical (unpaired) electrons. The number of para-hydroxylation sites is 1. The molecule has 28 heavy (non-hydrogen) atoms. The fraction of sp³-hybridized carbons (Fsp3) is 0.300. The molecular weight excluding hydrogens is 373 g/mol. The highest BCUT2D eigenvalue weighted by Gasteiger charge is 2.36. The van der Waals surface area contributed by atoms with Crippen molar-refractivity contribution in [3.63, 3.8) is 0 Å². The largest absolute Gasteiger partial charge is 0.507 e. The van der Waals surface area contributed by atoms with E-state index in [9.17, 15) is 27.9 Å². The monoisotopic (exact) mass is 392 g/mol. The summed E-state index contributed by atoms with van der Waals surface area (Å²) in [4.78, 5) is 25.9. The van der Waals surface area contributed by atoms with Crippen molar-refractivity contribution in [2.24, 2.45) is 0 Å². The molecule has 1 aliphatic heterocycles. The first-order valence-electron chi connectivity index (χ1n) is 8.69. The summed E-state index contributed by atoms with van der Waals surface area (Å²) in [7, 11) is 0. The summed E-state index contributed by atoms with van der Waals surface area (Å²) in [6.07, 6.45) is -4.51. The van der Waals surface area contributed by atoms with Gasteiger partial charge in [0.15, 0.2) is 0 Å². The summed E-state index contributed by atoms with van der Waals surface area (Å²) < 4.78 is 39.4. The molecule has 2 aromatic rings. The Balaban J connectivity index is 1.69. The van der Waals surface area contributed by atoms with Crippen LogP contribution in [0.4, 0.5) is 13.2 Å². The fourth-order valence-corrected chi connectivity index (χ4v) is 3.27. The summed E-state index contributed by atoms with van der Waals surface area (Å²) in [5.74, 6) is -1.01. The quantitative estimate of drug-likeness (QED) is 0.839. The number of halogens is 3. The Morgan fingerprint density at radius 2 is 1.93 bits per heavy atom. The number of phenols is 1. The van der Waals surface area contributed by atoms with Crippen LogP contribution in [-0.4, -0.2) is 34.4 Å². The lowest BCUT2D eigenvalue weighted by Gasteiger charge is -2.20. The maximum atomic E-state index is 13.1. The number of likely N-dealkylation sites (tertiary alicyclic amines) is 1. The van der Waals surface area contributed by atoms with E-state index in [1.54, 1.807) is 19.1 Å². The first-order chi connectivity index (χ1) is 13.2. The van der Waals surface area contributed by atoms with Gasteiger partial charge in [0.1, 0.15) is 5.75 Å². The van der Waals surface area contributed by atoms with Gasteiger partial charge < -0.3 is 15.3 Å². The van der Waals surface area contributed by atoms with E-state index >= 15 is 0 Å². The van der Waals surface area contributed by atoms with Crippen LogP contribution in [0.25, 0.3) is 0 Å². The zero-order valence-corrected chi connectivity index (χ0v) is 15.1. The van der Waals surface area contributed by atoms with Crippen LogP contribution in [0.3, 0.4) is 0 Å². The second kappa shape index (κ2) is 7.53. The topological polar surface area (TPSA) is 69.6 Å². The minimum atomic E-state index is -4.50. The molecule has 5 nitrogen and oxygen atoms in total. The number of rotatable bonds is 4. The number of alkyl halides is 3. The first kappa shape index (κ1) is 19.7. The van der Waals surface area contributed by atoms with E-state index in [-0.39, 0.29) is 42.3 Å². The molecule has 1 saturated heterocycles. The molecule has 0 aromatic heterocycles. The molecule has 0 spiro atoms. The van der Waals surface area contributed by atoms with Gasteiger partial charge in [0, 0.05) is 19.5 Å². The number of nitrogens with zero attached hydrogens (tertiary/aromatic N) is 1. The molecule has 0 bridgehead atoms. The van der Waals surface area contributed by atoms with Crippen LogP contribution in [0, 0.1) is 6.92 Å². The average Bonchev–Trinajstić information content (AvgIpc) is 2.96. The molecule has 2 aromatic carbocycles. The maximum Gasteiger partial charge on any atom is 0.416 e. The van der Waals surface area contributed by atoms with E-state index in [1.165, 1.54) is 29.2 Å². The van der Waals surface area contributed by atoms with Crippen LogP contribution in [0.5, 0.6) is 5.75 Å². The van der Waals surface area contributed by atoms with E-state index < -0.39 is 23.7 Å². The maximum absolute atomic E-state index is 13.1. The van der Waals surface area contributed by atoms with Gasteiger partial charge in [0.2, 0.25) is 5.91 Å². The molecular formula is C20H19F3N2O3. The lowest BCUT2D eigenvalue weighted by atomic mass is 10.1. The van der Waals surface area contributed by atoms with E-state index in [0.717, 1.165) is 6.07 Å². The SMILES string of the molecule is Cc1cccc(C(=O)NC2CC(=O)N(Cc3ccccc3C(F)(F)F)C2)c1O. The van der Waals surface area contributed by atoms with Crippen molar-refractivity contribution < 1.29 is 27.9 Å². The van der Waals surface area contributed by atoms with Crippen molar-refractivity contribution in [1.29, 1.82) is 0 Å². The molecule has 1 fully saturated rings. The fourth-order valence-electron chi connectivity index (χ4n) is 3.27. The summed E-state index contributed by atoms with van der Waals surface area (Å²) in [6, 6.07) is 9.32. The number of carbonyl (C=O) groups excluding carboxylic acids is 2. The van der Waals surface area contributed by atoms with Gasteiger partial charge in [-0.1, -0.05) is 30.3 Å². The summed E-state index contributed by atoms with van der Waals surface area (Å²) >= 11 is 0. The Hall–Kier alpha value is -3.03. The highest BCUT2D eigenvalue weighted by atomic mass is 19.4. The molecule has 2 amide bonds. The Labute approximate surface area is 159 Å². The van der Waals surface area contributed by atoms with Crippen LogP contribution < -0.4 is 5.32 Å². The number of amides is 2. The molecule has 8 heteroatoms. The lowest BCUT2D eigenvalue weighted by Crippen LogP contribution is -2.37. The second-order valence-electron chi connectivity index (χ2n) is 6.77. The first-order valence-corrected chi connectivity index (χ1v) is 8.69. The summed E-state index contributed by atoms with van der Waals surface area (Å²) in [5.41, 5.74) is -0.138. The molecule has 0 saturated carbocycles. The Bertz CT molecular complexity index is 912. The third-order valence-corrected chi connectivity index (χ3v) is 4.72. The van der Waals surface area contributed by atoms with Gasteiger partial charge in [-0.15, -0.1) is 0 Å². The van der Waals surface area contributed by atoms with E-state index in [2.05, 4.69) is 5.32 Å². The molecule has 3 rings (SSSR count). The van der Waals surface area contributed by atoms with E-state index in [4.69, 9.17) is 0 Å². The zero-order chi connectivity index (χ0) is 20.5. The number of aryl methyl sites for hydroxylation is 1. The predicted octanol–water partition coefficient (Wildman–Crippen LogP) is 3.25. The molecule has 2 N–H and O–H groups in total. The zero-order valence-electron chi connectivity index (χ0n) is 15.1. The Morgan fingerprint density at radius 1 is 1.21 bits per heavy atom. The molecule has 1 atom stereocenters. The number of carbonyl (C=O) groups is 2. The van der Waals surface area contributed by atoms with Crippen LogP contribution in [-0.2, 0) is 17.5 Å². The second-order valence-corrected chi connectivity index (χ2v) is 6.77. The van der Waals surface area contributed by atoms with Crippen molar-refractivity contribution >= 4 is 11.8 Å². The third-order valence-electron chi connectivity index (χ3n) is 4.72. The normalized spacial score (nSPS) is 17.1. The third kappa shape index (κ3) is 4.11. The molecule has 0 aliphatic carbocycles. The minimum Gasteiger partial charge on any atom is -0.507 e. The number of benzene rings is 2. The number of aromatic hydroxyl groups is 1. The average molecular weight is 392 g/mol. The van der Waals surface area contributed by atoms with Gasteiger partial charge in [0.05, 0.1) is 17.2 Å². The van der Waals surface area contributed by atoms with Crippen molar-refractivity contribution in [3.8, 4) is 5.75 Å². The van der Waals surface area contributed by atoms with Crippen LogP contribution in [0.2, 0.25) is 0 Å². The van der Waals surface area contributed by atoms with Crippen molar-refractivity contribution in [2.45, 2.75) is 32.1 Å². The van der Waals surface area contributed by atoms with Crippen LogP contribution >= 0.6 is 0 Å². The summed E-state index contributed by atoms with van der Waals surface area (Å²) in [6.45, 7) is 1.57. The van der Waals surface area contributed by atoms with Gasteiger partial charge in [-0.05, 0) is 30.2 Å². The minimum absolute atomic E-state index is 0.00616. The number of phenolic OH excluding ortho intramolecular Hbond substituents is 1. The van der Waals surface area contributed by atoms with Gasteiger partial charge in [-0.3, -0.25) is 9.59 Å². The predicted molar refractivity (Wildman–Crippen MR) is 95.6 cm³/mol. The molecule has 1 heterocycles. The lowest BCUT2D eigenvalue weighted by molar-refractivity contribution is -0.139. The number of nitrogens with one attached hydrogen (secondary N) is 1. The molecule has 1 unspecified atom stereocenters. The number of hydrogen-bond acceptors (Lipinski definition) is 3. The highest BCUT2D eigenvalue weighted by Crippen LogP contribution is 2.33. The van der Waals surface area contributed by atoms with Crippen molar-refractivity contribution in [3.05, 3.63) is 64.7 Å². The van der Waals surface area contributed by atoms with Crippen molar-refractivity contribution in [2.75, 3.05) is 6.54 Å². The standard InChI is InChI=1S/C20H19F3N2O3/c1-12-5-4-7-15(18(12)27)19(28)24-14-9-17(26)25(11-14)10-13-6-2-3-8-16(13)20(21,22)23/h2-8,14,27H,9-11H2,1H3,(H,24,28). The molecule has 1 aliphatic rings. The molecule has 148 valence electrons. The Morgan fingerprint density at radius 3 is 2.64 bits per heavy atom.